The number of aryl methyl sites for hydroxylation is 3. The van der Waals surface area contributed by atoms with E-state index in [4.69, 9.17) is 6.57 Å². The van der Waals surface area contributed by atoms with E-state index in [0.29, 0.717) is 61.4 Å². The third-order valence-electron chi connectivity index (χ3n) is 9.81. The number of piperidine rings is 1. The summed E-state index contributed by atoms with van der Waals surface area (Å²) in [5.74, 6) is 1.09. The summed E-state index contributed by atoms with van der Waals surface area (Å²) in [7, 11) is 8.82. The Bertz CT molecular complexity index is 1630. The number of carbonyl (C=O) groups excluding carboxylic acids is 3. The van der Waals surface area contributed by atoms with Crippen LogP contribution in [0.3, 0.4) is 0 Å². The van der Waals surface area contributed by atoms with Crippen LogP contribution in [0.15, 0.2) is 36.4 Å². The van der Waals surface area contributed by atoms with Crippen LogP contribution in [0, 0.1) is 12.5 Å². The van der Waals surface area contributed by atoms with E-state index in [1.54, 1.807) is 42.7 Å². The van der Waals surface area contributed by atoms with Crippen LogP contribution >= 0.6 is 0 Å². The van der Waals surface area contributed by atoms with E-state index in [1.807, 2.05) is 48.3 Å². The van der Waals surface area contributed by atoms with E-state index in [0.717, 1.165) is 35.1 Å². The number of hydrogen-bond acceptors (Lipinski definition) is 6. The summed E-state index contributed by atoms with van der Waals surface area (Å²) in [6, 6.07) is 12.1. The number of likely N-dealkylation sites (tertiary alicyclic amines) is 1. The molecule has 1 aromatic heterocycles. The molecule has 11 heteroatoms. The third-order valence-corrected chi connectivity index (χ3v) is 9.81. The zero-order valence-corrected chi connectivity index (χ0v) is 26.7. The van der Waals surface area contributed by atoms with Crippen molar-refractivity contribution in [2.24, 2.45) is 13.0 Å². The fraction of sp³-hybridized carbons (Fsp3) is 0.500. The second kappa shape index (κ2) is 11.7. The predicted octanol–water partition coefficient (Wildman–Crippen LogP) is 3.47. The molecule has 0 bridgehead atoms. The Morgan fingerprint density at radius 3 is 2.04 bits per heavy atom. The molecule has 1 aliphatic heterocycles. The lowest BCUT2D eigenvalue weighted by atomic mass is 9.68. The average molecular weight is 609 g/mol. The minimum atomic E-state index is -0.782. The Morgan fingerprint density at radius 1 is 0.933 bits per heavy atom. The molecule has 1 saturated carbocycles. The van der Waals surface area contributed by atoms with Crippen molar-refractivity contribution < 1.29 is 14.4 Å². The number of amides is 3. The maximum absolute atomic E-state index is 13.3. The van der Waals surface area contributed by atoms with Crippen molar-refractivity contribution >= 4 is 17.7 Å². The molecule has 6 rings (SSSR count). The van der Waals surface area contributed by atoms with Crippen molar-refractivity contribution in [3.05, 3.63) is 87.0 Å². The maximum Gasteiger partial charge on any atom is 0.301 e. The monoisotopic (exact) mass is 608 g/mol. The molecular weight excluding hydrogens is 568 g/mol. The summed E-state index contributed by atoms with van der Waals surface area (Å²) in [4.78, 5) is 48.0. The van der Waals surface area contributed by atoms with Crippen molar-refractivity contribution in [2.75, 3.05) is 28.2 Å². The maximum atomic E-state index is 13.3. The summed E-state index contributed by atoms with van der Waals surface area (Å²) in [5.41, 5.74) is 4.58. The molecule has 0 radical (unpaired) electrons. The topological polar surface area (TPSA) is 109 Å². The molecule has 234 valence electrons. The van der Waals surface area contributed by atoms with Gasteiger partial charge in [0.05, 0.1) is 5.41 Å². The van der Waals surface area contributed by atoms with Crippen LogP contribution in [0.4, 0.5) is 0 Å². The average Bonchev–Trinajstić information content (AvgIpc) is 3.53. The summed E-state index contributed by atoms with van der Waals surface area (Å²) >= 11 is 0. The van der Waals surface area contributed by atoms with Gasteiger partial charge in [-0.3, -0.25) is 24.1 Å². The number of rotatable bonds is 8. The van der Waals surface area contributed by atoms with Crippen molar-refractivity contribution in [1.82, 2.24) is 34.9 Å². The highest BCUT2D eigenvalue weighted by molar-refractivity contribution is 5.95. The van der Waals surface area contributed by atoms with Gasteiger partial charge in [-0.2, -0.15) is 0 Å². The van der Waals surface area contributed by atoms with Gasteiger partial charge in [0, 0.05) is 65.2 Å². The van der Waals surface area contributed by atoms with E-state index in [9.17, 15) is 14.4 Å². The van der Waals surface area contributed by atoms with Gasteiger partial charge < -0.3 is 9.80 Å². The molecule has 11 nitrogen and oxygen atoms in total. The van der Waals surface area contributed by atoms with Gasteiger partial charge >= 0.3 is 6.17 Å². The molecule has 3 amide bonds. The van der Waals surface area contributed by atoms with Crippen LogP contribution in [0.5, 0.6) is 0 Å². The smallest absolute Gasteiger partial charge is 0.301 e. The molecule has 1 saturated heterocycles. The van der Waals surface area contributed by atoms with E-state index in [-0.39, 0.29) is 29.9 Å². The zero-order valence-electron chi connectivity index (χ0n) is 26.7. The van der Waals surface area contributed by atoms with E-state index >= 15 is 0 Å². The summed E-state index contributed by atoms with van der Waals surface area (Å²) in [6.45, 7) is 7.56. The largest absolute Gasteiger partial charge is 0.345 e. The Kier molecular flexibility index (Phi) is 7.93. The molecule has 2 fully saturated rings. The van der Waals surface area contributed by atoms with E-state index < -0.39 is 5.41 Å². The fourth-order valence-corrected chi connectivity index (χ4v) is 7.54. The number of carbonyl (C=O) groups is 3. The van der Waals surface area contributed by atoms with Gasteiger partial charge in [0.25, 0.3) is 11.8 Å². The minimum Gasteiger partial charge on any atom is -0.345 e. The van der Waals surface area contributed by atoms with Crippen LogP contribution in [0.2, 0.25) is 0 Å². The molecule has 45 heavy (non-hydrogen) atoms. The van der Waals surface area contributed by atoms with Gasteiger partial charge in [-0.1, -0.05) is 18.6 Å². The normalized spacial score (nSPS) is 20.7. The molecule has 3 aliphatic rings. The minimum absolute atomic E-state index is 0.0655. The standard InChI is InChI=1S/C34H40N8O3/c1-35-29-20-25-19-28(25)42(29)30(43)9-7-8-16-34(33-36-37-38-41(33)6)26-14-12-23(31(44)39(2)3)17-21(26)10-11-22-18-24(13-15-27(22)34)32(45)40(4)5/h12-15,17-18,25,28-29H,7-11,16,19-20H2,2-6H3/t25-,28-,29-/m0/s1. The molecule has 2 aliphatic carbocycles. The molecular formula is C34H40N8O3. The Hall–Kier alpha value is -4.59. The highest BCUT2D eigenvalue weighted by Crippen LogP contribution is 2.49. The Balaban J connectivity index is 1.41. The lowest BCUT2D eigenvalue weighted by molar-refractivity contribution is -0.132. The molecule has 2 heterocycles. The number of hydrogen-bond donors (Lipinski definition) is 0. The third kappa shape index (κ3) is 5.26. The van der Waals surface area contributed by atoms with Gasteiger partial charge in [0.1, 0.15) is 0 Å². The van der Waals surface area contributed by atoms with Crippen molar-refractivity contribution in [1.29, 1.82) is 0 Å². The van der Waals surface area contributed by atoms with Crippen molar-refractivity contribution in [3.63, 3.8) is 0 Å². The first kappa shape index (κ1) is 30.4. The number of benzene rings is 2. The SMILES string of the molecule is [C-]#[N+][C@@H]1C[C@@H]2C[C@@H]2N1C(=O)CCCCC1(c2nnnn2C)c2ccc(C(=O)N(C)C)cc2CCc2cc(C(=O)N(C)C)ccc21. The zero-order chi connectivity index (χ0) is 32.0. The van der Waals surface area contributed by atoms with Crippen LogP contribution in [0.1, 0.15) is 87.3 Å². The summed E-state index contributed by atoms with van der Waals surface area (Å²) in [6.07, 6.45) is 5.22. The van der Waals surface area contributed by atoms with Gasteiger partial charge in [0.2, 0.25) is 5.91 Å². The number of tetrazole rings is 1. The molecule has 2 aromatic carbocycles. The number of fused-ring (bicyclic) bond motifs is 3. The van der Waals surface area contributed by atoms with Crippen LogP contribution in [0.25, 0.3) is 4.85 Å². The van der Waals surface area contributed by atoms with Crippen molar-refractivity contribution in [2.45, 2.75) is 69.0 Å². The van der Waals surface area contributed by atoms with E-state index in [1.165, 1.54) is 0 Å². The lowest BCUT2D eigenvalue weighted by Crippen LogP contribution is -2.37. The number of aromatic nitrogens is 4. The van der Waals surface area contributed by atoms with Gasteiger partial charge in [0.15, 0.2) is 5.82 Å². The Labute approximate surface area is 264 Å². The number of unbranched alkanes of at least 4 members (excludes halogenated alkanes) is 1. The highest BCUT2D eigenvalue weighted by Gasteiger charge is 2.57. The van der Waals surface area contributed by atoms with Crippen LogP contribution in [-0.2, 0) is 30.1 Å². The van der Waals surface area contributed by atoms with Gasteiger partial charge in [-0.25, -0.2) is 11.3 Å². The molecule has 0 unspecified atom stereocenters. The van der Waals surface area contributed by atoms with Gasteiger partial charge in [-0.15, -0.1) is 5.10 Å². The second-order valence-corrected chi connectivity index (χ2v) is 13.1. The van der Waals surface area contributed by atoms with Crippen LogP contribution < -0.4 is 0 Å². The van der Waals surface area contributed by atoms with Crippen molar-refractivity contribution in [3.8, 4) is 0 Å². The first-order valence-electron chi connectivity index (χ1n) is 15.7. The molecule has 3 aromatic rings. The summed E-state index contributed by atoms with van der Waals surface area (Å²) in [5, 5.41) is 12.9. The molecule has 0 spiro atoms. The van der Waals surface area contributed by atoms with Crippen LogP contribution in [-0.4, -0.2) is 93.0 Å². The van der Waals surface area contributed by atoms with E-state index in [2.05, 4.69) is 20.4 Å². The quantitative estimate of drug-likeness (QED) is 0.286. The second-order valence-electron chi connectivity index (χ2n) is 13.1. The van der Waals surface area contributed by atoms with Gasteiger partial charge in [-0.05, 0) is 95.0 Å². The fourth-order valence-electron chi connectivity index (χ4n) is 7.54. The highest BCUT2D eigenvalue weighted by atomic mass is 16.2. The predicted molar refractivity (Wildman–Crippen MR) is 167 cm³/mol. The number of nitrogens with zero attached hydrogens (tertiary/aromatic N) is 8. The first-order chi connectivity index (χ1) is 21.6. The first-order valence-corrected chi connectivity index (χ1v) is 15.7. The summed E-state index contributed by atoms with van der Waals surface area (Å²) < 4.78 is 1.71. The molecule has 0 N–H and O–H groups in total. The Morgan fingerprint density at radius 2 is 1.53 bits per heavy atom. The molecule has 3 atom stereocenters. The lowest BCUT2D eigenvalue weighted by Gasteiger charge is -2.35.